The third kappa shape index (κ3) is 5.71. The molecule has 0 aliphatic heterocycles. The maximum Gasteiger partial charge on any atom is 0.303 e. The molecule has 2 nitrogen and oxygen atoms in total. The highest BCUT2D eigenvalue weighted by molar-refractivity contribution is 5.66. The summed E-state index contributed by atoms with van der Waals surface area (Å²) in [6.07, 6.45) is 7.17. The van der Waals surface area contributed by atoms with Gasteiger partial charge in [-0.15, -0.1) is 6.58 Å². The molecule has 0 radical (unpaired) electrons. The van der Waals surface area contributed by atoms with Crippen LogP contribution in [0.25, 0.3) is 0 Å². The lowest BCUT2D eigenvalue weighted by Gasteiger charge is -2.11. The van der Waals surface area contributed by atoms with E-state index < -0.39 is 0 Å². The Morgan fingerprint density at radius 1 is 1.67 bits per heavy atom. The summed E-state index contributed by atoms with van der Waals surface area (Å²) in [5, 5.41) is 0. The van der Waals surface area contributed by atoms with Crippen molar-refractivity contribution >= 4 is 5.97 Å². The normalized spacial score (nSPS) is 12.8. The van der Waals surface area contributed by atoms with Crippen LogP contribution in [0.3, 0.4) is 0 Å². The maximum atomic E-state index is 10.6. The lowest BCUT2D eigenvalue weighted by Crippen LogP contribution is -2.13. The Labute approximate surface area is 73.9 Å². The topological polar surface area (TPSA) is 26.3 Å². The van der Waals surface area contributed by atoms with Gasteiger partial charge >= 0.3 is 5.97 Å². The summed E-state index contributed by atoms with van der Waals surface area (Å²) in [7, 11) is 0. The quantitative estimate of drug-likeness (QED) is 0.465. The first-order valence-corrected chi connectivity index (χ1v) is 4.11. The van der Waals surface area contributed by atoms with Crippen LogP contribution in [0, 0.1) is 0 Å². The molecule has 0 amide bonds. The molecule has 0 aromatic rings. The first-order chi connectivity index (χ1) is 5.70. The Kier molecular flexibility index (Phi) is 6.07. The second-order valence-corrected chi connectivity index (χ2v) is 2.54. The average Bonchev–Trinajstić information content (AvgIpc) is 2.00. The number of hydrogen-bond donors (Lipinski definition) is 0. The number of hydrogen-bond acceptors (Lipinski definition) is 2. The molecule has 0 saturated carbocycles. The number of esters is 1. The van der Waals surface area contributed by atoms with Gasteiger partial charge < -0.3 is 4.74 Å². The van der Waals surface area contributed by atoms with Crippen LogP contribution in [-0.2, 0) is 9.53 Å². The molecular weight excluding hydrogens is 152 g/mol. The van der Waals surface area contributed by atoms with Gasteiger partial charge in [0, 0.05) is 6.92 Å². The zero-order valence-electron chi connectivity index (χ0n) is 7.75. The van der Waals surface area contributed by atoms with E-state index in [-0.39, 0.29) is 12.1 Å². The summed E-state index contributed by atoms with van der Waals surface area (Å²) in [6.45, 7) is 6.94. The van der Waals surface area contributed by atoms with Crippen molar-refractivity contribution < 1.29 is 9.53 Å². The number of rotatable bonds is 5. The number of carbonyl (C=O) groups is 1. The monoisotopic (exact) mass is 168 g/mol. The molecule has 0 saturated heterocycles. The van der Waals surface area contributed by atoms with Gasteiger partial charge in [0.15, 0.2) is 0 Å². The smallest absolute Gasteiger partial charge is 0.303 e. The Hall–Kier alpha value is -1.05. The highest BCUT2D eigenvalue weighted by Gasteiger charge is 2.05. The molecule has 0 fully saturated rings. The van der Waals surface area contributed by atoms with Crippen molar-refractivity contribution in [2.75, 3.05) is 0 Å². The SMILES string of the molecule is C=CCCC(/C=C/C)OC(C)=O. The minimum atomic E-state index is -0.234. The van der Waals surface area contributed by atoms with E-state index in [1.54, 1.807) is 0 Å². The van der Waals surface area contributed by atoms with E-state index >= 15 is 0 Å². The van der Waals surface area contributed by atoms with E-state index in [0.29, 0.717) is 0 Å². The lowest BCUT2D eigenvalue weighted by molar-refractivity contribution is -0.144. The first kappa shape index (κ1) is 11.0. The van der Waals surface area contributed by atoms with Gasteiger partial charge in [-0.25, -0.2) is 0 Å². The highest BCUT2D eigenvalue weighted by Crippen LogP contribution is 2.04. The Balaban J connectivity index is 3.85. The molecule has 0 N–H and O–H groups in total. The standard InChI is InChI=1S/C10H16O2/c1-4-6-8-10(7-5-2)12-9(3)11/h4-5,7,10H,1,6,8H2,2-3H3/b7-5+. The summed E-state index contributed by atoms with van der Waals surface area (Å²) >= 11 is 0. The lowest BCUT2D eigenvalue weighted by atomic mass is 10.2. The summed E-state index contributed by atoms with van der Waals surface area (Å²) in [5.41, 5.74) is 0. The van der Waals surface area contributed by atoms with Gasteiger partial charge in [-0.3, -0.25) is 4.79 Å². The third-order valence-electron chi connectivity index (χ3n) is 1.38. The van der Waals surface area contributed by atoms with E-state index in [1.807, 2.05) is 25.2 Å². The van der Waals surface area contributed by atoms with Crippen LogP contribution >= 0.6 is 0 Å². The van der Waals surface area contributed by atoms with Crippen molar-refractivity contribution in [3.63, 3.8) is 0 Å². The molecule has 1 unspecified atom stereocenters. The van der Waals surface area contributed by atoms with Crippen molar-refractivity contribution in [2.24, 2.45) is 0 Å². The summed E-state index contributed by atoms with van der Waals surface area (Å²) in [5.74, 6) is -0.234. The van der Waals surface area contributed by atoms with Crippen LogP contribution in [0.4, 0.5) is 0 Å². The average molecular weight is 168 g/mol. The van der Waals surface area contributed by atoms with Gasteiger partial charge in [0.1, 0.15) is 6.10 Å². The predicted octanol–water partition coefficient (Wildman–Crippen LogP) is 2.46. The Morgan fingerprint density at radius 3 is 2.75 bits per heavy atom. The first-order valence-electron chi connectivity index (χ1n) is 4.11. The van der Waals surface area contributed by atoms with Gasteiger partial charge in [-0.1, -0.05) is 12.2 Å². The van der Waals surface area contributed by atoms with Crippen LogP contribution in [0.1, 0.15) is 26.7 Å². The summed E-state index contributed by atoms with van der Waals surface area (Å²) in [4.78, 5) is 10.6. The number of carbonyl (C=O) groups excluding carboxylic acids is 1. The molecule has 0 aromatic heterocycles. The van der Waals surface area contributed by atoms with Crippen molar-refractivity contribution in [3.05, 3.63) is 24.8 Å². The molecule has 0 spiro atoms. The Morgan fingerprint density at radius 2 is 2.33 bits per heavy atom. The molecule has 0 aliphatic rings. The van der Waals surface area contributed by atoms with E-state index in [9.17, 15) is 4.79 Å². The van der Waals surface area contributed by atoms with E-state index in [2.05, 4.69) is 6.58 Å². The van der Waals surface area contributed by atoms with Crippen molar-refractivity contribution in [1.82, 2.24) is 0 Å². The fraction of sp³-hybridized carbons (Fsp3) is 0.500. The molecule has 68 valence electrons. The van der Waals surface area contributed by atoms with Crippen LogP contribution in [0.5, 0.6) is 0 Å². The number of allylic oxidation sites excluding steroid dienone is 2. The summed E-state index contributed by atoms with van der Waals surface area (Å²) in [6, 6.07) is 0. The zero-order valence-corrected chi connectivity index (χ0v) is 7.75. The molecule has 2 heteroatoms. The minimum Gasteiger partial charge on any atom is -0.458 e. The second-order valence-electron chi connectivity index (χ2n) is 2.54. The summed E-state index contributed by atoms with van der Waals surface area (Å²) < 4.78 is 5.02. The molecule has 12 heavy (non-hydrogen) atoms. The van der Waals surface area contributed by atoms with E-state index in [0.717, 1.165) is 12.8 Å². The zero-order chi connectivity index (χ0) is 9.40. The third-order valence-corrected chi connectivity index (χ3v) is 1.38. The highest BCUT2D eigenvalue weighted by atomic mass is 16.5. The molecule has 0 bridgehead atoms. The second kappa shape index (κ2) is 6.65. The van der Waals surface area contributed by atoms with Crippen LogP contribution in [0.15, 0.2) is 24.8 Å². The minimum absolute atomic E-state index is 0.0921. The van der Waals surface area contributed by atoms with Gasteiger partial charge in [-0.05, 0) is 25.8 Å². The van der Waals surface area contributed by atoms with Crippen LogP contribution in [0.2, 0.25) is 0 Å². The molecule has 1 atom stereocenters. The molecule has 0 aromatic carbocycles. The van der Waals surface area contributed by atoms with Gasteiger partial charge in [-0.2, -0.15) is 0 Å². The Bertz CT molecular complexity index is 171. The molecular formula is C10H16O2. The van der Waals surface area contributed by atoms with Crippen LogP contribution in [-0.4, -0.2) is 12.1 Å². The molecule has 0 rings (SSSR count). The number of ether oxygens (including phenoxy) is 1. The molecule has 0 aliphatic carbocycles. The van der Waals surface area contributed by atoms with Gasteiger partial charge in [0.2, 0.25) is 0 Å². The van der Waals surface area contributed by atoms with Crippen LogP contribution < -0.4 is 0 Å². The fourth-order valence-corrected chi connectivity index (χ4v) is 0.904. The largest absolute Gasteiger partial charge is 0.458 e. The maximum absolute atomic E-state index is 10.6. The van der Waals surface area contributed by atoms with Crippen molar-refractivity contribution in [3.8, 4) is 0 Å². The van der Waals surface area contributed by atoms with E-state index in [1.165, 1.54) is 6.92 Å². The fourth-order valence-electron chi connectivity index (χ4n) is 0.904. The van der Waals surface area contributed by atoms with Crippen molar-refractivity contribution in [1.29, 1.82) is 0 Å². The van der Waals surface area contributed by atoms with Crippen molar-refractivity contribution in [2.45, 2.75) is 32.8 Å². The van der Waals surface area contributed by atoms with Gasteiger partial charge in [0.25, 0.3) is 0 Å². The molecule has 0 heterocycles. The predicted molar refractivity (Wildman–Crippen MR) is 49.8 cm³/mol. The van der Waals surface area contributed by atoms with E-state index in [4.69, 9.17) is 4.74 Å². The van der Waals surface area contributed by atoms with Gasteiger partial charge in [0.05, 0.1) is 0 Å².